The smallest absolute Gasteiger partial charge is 0.296 e. The lowest BCUT2D eigenvalue weighted by molar-refractivity contribution is -0.112. The third-order valence-electron chi connectivity index (χ3n) is 4.42. The summed E-state index contributed by atoms with van der Waals surface area (Å²) >= 11 is 0. The molecule has 0 fully saturated rings. The highest BCUT2D eigenvalue weighted by molar-refractivity contribution is 7.90. The first-order chi connectivity index (χ1) is 14.4. The maximum Gasteiger partial charge on any atom is 0.296 e. The summed E-state index contributed by atoms with van der Waals surface area (Å²) in [6.07, 6.45) is 4.01. The topological polar surface area (TPSA) is 98.1 Å². The Hall–Kier alpha value is -3.85. The van der Waals surface area contributed by atoms with Crippen molar-refractivity contribution in [2.75, 3.05) is 5.32 Å². The lowest BCUT2D eigenvalue weighted by Gasteiger charge is -2.07. The van der Waals surface area contributed by atoms with Gasteiger partial charge in [-0.15, -0.1) is 0 Å². The van der Waals surface area contributed by atoms with Gasteiger partial charge in [-0.05, 0) is 42.5 Å². The number of ketones is 1. The van der Waals surface area contributed by atoms with E-state index in [0.717, 1.165) is 34.4 Å². The average Bonchev–Trinajstić information content (AvgIpc) is 3.15. The third-order valence-corrected chi connectivity index (χ3v) is 6.11. The van der Waals surface area contributed by atoms with Gasteiger partial charge in [0, 0.05) is 17.8 Å². The molecule has 7 nitrogen and oxygen atoms in total. The Morgan fingerprint density at radius 2 is 1.70 bits per heavy atom. The molecule has 0 saturated heterocycles. The van der Waals surface area contributed by atoms with E-state index in [1.54, 1.807) is 30.3 Å². The standard InChI is InChI=1S/C21H14FN3O4S/c22-14-7-9-16(10-8-14)30(28,29)25-13-18(17-5-1-2-6-19(17)25)20(26)21(27)24-15-4-3-11-23-12-15/h1-13H,(H,24,27). The highest BCUT2D eigenvalue weighted by Crippen LogP contribution is 2.26. The Balaban J connectivity index is 1.78. The molecule has 2 heterocycles. The predicted molar refractivity (Wildman–Crippen MR) is 108 cm³/mol. The van der Waals surface area contributed by atoms with Gasteiger partial charge >= 0.3 is 0 Å². The zero-order valence-electron chi connectivity index (χ0n) is 15.3. The second-order valence-electron chi connectivity index (χ2n) is 6.34. The van der Waals surface area contributed by atoms with E-state index in [9.17, 15) is 22.4 Å². The van der Waals surface area contributed by atoms with Crippen molar-refractivity contribution in [1.82, 2.24) is 8.96 Å². The van der Waals surface area contributed by atoms with Crippen molar-refractivity contribution < 1.29 is 22.4 Å². The van der Waals surface area contributed by atoms with Crippen LogP contribution in [0.4, 0.5) is 10.1 Å². The van der Waals surface area contributed by atoms with Crippen molar-refractivity contribution in [3.8, 4) is 0 Å². The lowest BCUT2D eigenvalue weighted by atomic mass is 10.1. The molecule has 30 heavy (non-hydrogen) atoms. The van der Waals surface area contributed by atoms with Gasteiger partial charge in [-0.2, -0.15) is 0 Å². The number of Topliss-reactive ketones (excluding diaryl/α,β-unsaturated/α-hetero) is 1. The van der Waals surface area contributed by atoms with Crippen LogP contribution in [0.15, 0.2) is 84.1 Å². The lowest BCUT2D eigenvalue weighted by Crippen LogP contribution is -2.23. The number of carbonyl (C=O) groups is 2. The fraction of sp³-hybridized carbons (Fsp3) is 0. The Morgan fingerprint density at radius 3 is 2.40 bits per heavy atom. The summed E-state index contributed by atoms with van der Waals surface area (Å²) in [5, 5.41) is 2.74. The molecule has 0 bridgehead atoms. The molecular formula is C21H14FN3O4S. The zero-order chi connectivity index (χ0) is 21.3. The Kier molecular flexibility index (Phi) is 4.88. The number of para-hydroxylation sites is 1. The second-order valence-corrected chi connectivity index (χ2v) is 8.15. The number of nitrogens with zero attached hydrogens (tertiary/aromatic N) is 2. The maximum atomic E-state index is 13.2. The summed E-state index contributed by atoms with van der Waals surface area (Å²) in [5.41, 5.74) is 0.482. The largest absolute Gasteiger partial charge is 0.318 e. The number of hydrogen-bond donors (Lipinski definition) is 1. The molecule has 0 saturated carbocycles. The minimum Gasteiger partial charge on any atom is -0.318 e. The fourth-order valence-corrected chi connectivity index (χ4v) is 4.37. The minimum absolute atomic E-state index is 0.0716. The van der Waals surface area contributed by atoms with Crippen molar-refractivity contribution >= 4 is 38.3 Å². The van der Waals surface area contributed by atoms with Gasteiger partial charge in [0.25, 0.3) is 21.7 Å². The van der Waals surface area contributed by atoms with Gasteiger partial charge < -0.3 is 5.32 Å². The van der Waals surface area contributed by atoms with Gasteiger partial charge in [0.05, 0.1) is 27.9 Å². The van der Waals surface area contributed by atoms with Crippen LogP contribution in [0.25, 0.3) is 10.9 Å². The number of fused-ring (bicyclic) bond motifs is 1. The normalized spacial score (nSPS) is 11.4. The molecule has 0 spiro atoms. The summed E-state index contributed by atoms with van der Waals surface area (Å²) in [6, 6.07) is 13.8. The van der Waals surface area contributed by atoms with Crippen molar-refractivity contribution in [3.05, 3.63) is 90.6 Å². The number of hydrogen-bond acceptors (Lipinski definition) is 5. The third kappa shape index (κ3) is 3.46. The summed E-state index contributed by atoms with van der Waals surface area (Å²) in [4.78, 5) is 28.9. The summed E-state index contributed by atoms with van der Waals surface area (Å²) < 4.78 is 40.3. The molecule has 0 aliphatic heterocycles. The van der Waals surface area contributed by atoms with Crippen LogP contribution in [0.3, 0.4) is 0 Å². The molecule has 150 valence electrons. The number of pyridine rings is 1. The van der Waals surface area contributed by atoms with E-state index < -0.39 is 27.5 Å². The number of carbonyl (C=O) groups excluding carboxylic acids is 2. The van der Waals surface area contributed by atoms with Crippen LogP contribution in [0.2, 0.25) is 0 Å². The van der Waals surface area contributed by atoms with Crippen LogP contribution in [-0.2, 0) is 14.8 Å². The molecular weight excluding hydrogens is 409 g/mol. The van der Waals surface area contributed by atoms with Crippen molar-refractivity contribution in [3.63, 3.8) is 0 Å². The number of halogens is 1. The summed E-state index contributed by atoms with van der Waals surface area (Å²) in [5.74, 6) is -2.40. The average molecular weight is 423 g/mol. The summed E-state index contributed by atoms with van der Waals surface area (Å²) in [6.45, 7) is 0. The van der Waals surface area contributed by atoms with Gasteiger partial charge in [-0.1, -0.05) is 18.2 Å². The van der Waals surface area contributed by atoms with Crippen LogP contribution < -0.4 is 5.32 Å². The Bertz CT molecular complexity index is 1360. The minimum atomic E-state index is -4.12. The van der Waals surface area contributed by atoms with E-state index in [0.29, 0.717) is 11.1 Å². The van der Waals surface area contributed by atoms with Crippen LogP contribution >= 0.6 is 0 Å². The number of benzene rings is 2. The van der Waals surface area contributed by atoms with Crippen molar-refractivity contribution in [2.45, 2.75) is 4.90 Å². The molecule has 2 aromatic heterocycles. The first-order valence-corrected chi connectivity index (χ1v) is 10.2. The van der Waals surface area contributed by atoms with Gasteiger partial charge in [0.2, 0.25) is 0 Å². The zero-order valence-corrected chi connectivity index (χ0v) is 16.1. The van der Waals surface area contributed by atoms with Gasteiger partial charge in [0.15, 0.2) is 0 Å². The van der Waals surface area contributed by atoms with Crippen molar-refractivity contribution in [2.24, 2.45) is 0 Å². The van der Waals surface area contributed by atoms with E-state index in [2.05, 4.69) is 10.3 Å². The first-order valence-electron chi connectivity index (χ1n) is 8.75. The predicted octanol–water partition coefficient (Wildman–Crippen LogP) is 3.23. The van der Waals surface area contributed by atoms with Gasteiger partial charge in [-0.25, -0.2) is 16.8 Å². The molecule has 1 amide bonds. The van der Waals surface area contributed by atoms with Gasteiger partial charge in [-0.3, -0.25) is 14.6 Å². The number of rotatable bonds is 5. The maximum absolute atomic E-state index is 13.2. The molecule has 4 rings (SSSR count). The van der Waals surface area contributed by atoms with Crippen LogP contribution in [-0.4, -0.2) is 29.1 Å². The van der Waals surface area contributed by atoms with E-state index >= 15 is 0 Å². The molecule has 1 N–H and O–H groups in total. The van der Waals surface area contributed by atoms with Crippen LogP contribution in [0, 0.1) is 5.82 Å². The number of amides is 1. The molecule has 4 aromatic rings. The van der Waals surface area contributed by atoms with Crippen LogP contribution in [0.1, 0.15) is 10.4 Å². The number of anilines is 1. The quantitative estimate of drug-likeness (QED) is 0.393. The monoisotopic (exact) mass is 423 g/mol. The Morgan fingerprint density at radius 1 is 0.967 bits per heavy atom. The molecule has 9 heteroatoms. The van der Waals surface area contributed by atoms with Crippen molar-refractivity contribution in [1.29, 1.82) is 0 Å². The van der Waals surface area contributed by atoms with Gasteiger partial charge in [0.1, 0.15) is 5.82 Å². The van der Waals surface area contributed by atoms with E-state index in [1.807, 2.05) is 0 Å². The fourth-order valence-electron chi connectivity index (χ4n) is 3.00. The molecule has 2 aromatic carbocycles. The van der Waals surface area contributed by atoms with E-state index in [4.69, 9.17) is 0 Å². The molecule has 0 aliphatic rings. The van der Waals surface area contributed by atoms with Crippen LogP contribution in [0.5, 0.6) is 0 Å². The number of aromatic nitrogens is 2. The molecule has 0 unspecified atom stereocenters. The highest BCUT2D eigenvalue weighted by atomic mass is 32.2. The highest BCUT2D eigenvalue weighted by Gasteiger charge is 2.26. The summed E-state index contributed by atoms with van der Waals surface area (Å²) in [7, 11) is -4.12. The van der Waals surface area contributed by atoms with E-state index in [1.165, 1.54) is 18.5 Å². The second kappa shape index (κ2) is 7.53. The molecule has 0 aliphatic carbocycles. The first kappa shape index (κ1) is 19.5. The SMILES string of the molecule is O=C(Nc1cccnc1)C(=O)c1cn(S(=O)(=O)c2ccc(F)cc2)c2ccccc12. The van der Waals surface area contributed by atoms with E-state index in [-0.39, 0.29) is 16.0 Å². The Labute approximate surface area is 170 Å². The molecule has 0 radical (unpaired) electrons. The number of nitrogens with one attached hydrogen (secondary N) is 1. The molecule has 0 atom stereocenters.